The SMILES string of the molecule is CN1CCC[C@H]1COc1nc(NCC2(N(C)C)CCC2)c2cc(Cl)c(-c3ccc(F)c4sc(N)nc34)c(F)c2n1. The van der Waals surface area contributed by atoms with E-state index in [4.69, 9.17) is 22.1 Å². The number of nitrogen functional groups attached to an aromatic ring is 1. The lowest BCUT2D eigenvalue weighted by Crippen LogP contribution is -2.54. The van der Waals surface area contributed by atoms with Crippen molar-refractivity contribution in [2.75, 3.05) is 51.9 Å². The molecule has 40 heavy (non-hydrogen) atoms. The van der Waals surface area contributed by atoms with Gasteiger partial charge in [0.05, 0.1) is 15.2 Å². The summed E-state index contributed by atoms with van der Waals surface area (Å²) >= 11 is 7.73. The number of ether oxygens (including phenoxy) is 1. The van der Waals surface area contributed by atoms with Gasteiger partial charge in [0.25, 0.3) is 0 Å². The number of hydrogen-bond acceptors (Lipinski definition) is 9. The van der Waals surface area contributed by atoms with Gasteiger partial charge in [-0.2, -0.15) is 9.97 Å². The van der Waals surface area contributed by atoms with Crippen molar-refractivity contribution in [1.82, 2.24) is 24.8 Å². The summed E-state index contributed by atoms with van der Waals surface area (Å²) in [6.07, 6.45) is 5.40. The number of thiazole rings is 1. The Kier molecular flexibility index (Phi) is 7.18. The highest BCUT2D eigenvalue weighted by molar-refractivity contribution is 7.22. The van der Waals surface area contributed by atoms with E-state index in [1.165, 1.54) is 12.1 Å². The van der Waals surface area contributed by atoms with E-state index in [0.29, 0.717) is 29.9 Å². The largest absolute Gasteiger partial charge is 0.462 e. The zero-order chi connectivity index (χ0) is 28.2. The quantitative estimate of drug-likeness (QED) is 0.268. The summed E-state index contributed by atoms with van der Waals surface area (Å²) in [5.74, 6) is -0.666. The molecule has 12 heteroatoms. The van der Waals surface area contributed by atoms with E-state index in [0.717, 1.165) is 50.0 Å². The number of nitrogens with one attached hydrogen (secondary N) is 1. The predicted octanol–water partition coefficient (Wildman–Crippen LogP) is 5.79. The molecule has 8 nitrogen and oxygen atoms in total. The van der Waals surface area contributed by atoms with Crippen LogP contribution in [0.25, 0.3) is 32.2 Å². The van der Waals surface area contributed by atoms with Crippen molar-refractivity contribution in [2.24, 2.45) is 0 Å². The van der Waals surface area contributed by atoms with Crippen LogP contribution in [0.4, 0.5) is 19.7 Å². The zero-order valence-electron chi connectivity index (χ0n) is 22.7. The number of halogens is 3. The average molecular weight is 588 g/mol. The van der Waals surface area contributed by atoms with Gasteiger partial charge in [-0.3, -0.25) is 0 Å². The van der Waals surface area contributed by atoms with Crippen LogP contribution in [0, 0.1) is 11.6 Å². The summed E-state index contributed by atoms with van der Waals surface area (Å²) < 4.78 is 37.3. The smallest absolute Gasteiger partial charge is 0.319 e. The van der Waals surface area contributed by atoms with Crippen molar-refractivity contribution in [2.45, 2.75) is 43.7 Å². The molecule has 6 rings (SSSR count). The number of nitrogens with two attached hydrogens (primary N) is 1. The van der Waals surface area contributed by atoms with E-state index in [1.54, 1.807) is 6.07 Å². The predicted molar refractivity (Wildman–Crippen MR) is 157 cm³/mol. The molecular weight excluding hydrogens is 556 g/mol. The molecular formula is C28H32ClF2N7OS. The second kappa shape index (κ2) is 10.5. The minimum Gasteiger partial charge on any atom is -0.462 e. The Balaban J connectivity index is 1.46. The molecule has 1 saturated carbocycles. The van der Waals surface area contributed by atoms with E-state index in [9.17, 15) is 4.39 Å². The lowest BCUT2D eigenvalue weighted by atomic mass is 9.75. The molecule has 0 radical (unpaired) electrons. The van der Waals surface area contributed by atoms with Crippen LogP contribution in [0.3, 0.4) is 0 Å². The van der Waals surface area contributed by atoms with Crippen molar-refractivity contribution in [3.63, 3.8) is 0 Å². The number of benzene rings is 2. The number of likely N-dealkylation sites (N-methyl/N-ethyl adjacent to an activating group) is 2. The highest BCUT2D eigenvalue weighted by Gasteiger charge is 2.39. The van der Waals surface area contributed by atoms with Gasteiger partial charge in [-0.15, -0.1) is 0 Å². The number of nitrogens with zero attached hydrogens (tertiary/aromatic N) is 5. The van der Waals surface area contributed by atoms with Crippen molar-refractivity contribution in [3.8, 4) is 17.1 Å². The maximum atomic E-state index is 16.5. The van der Waals surface area contributed by atoms with Gasteiger partial charge >= 0.3 is 6.01 Å². The summed E-state index contributed by atoms with van der Waals surface area (Å²) in [5, 5.41) is 4.23. The zero-order valence-corrected chi connectivity index (χ0v) is 24.3. The normalized spacial score (nSPS) is 19.0. The van der Waals surface area contributed by atoms with Gasteiger partial charge in [-0.05, 0) is 78.0 Å². The third-order valence-corrected chi connectivity index (χ3v) is 9.73. The monoisotopic (exact) mass is 587 g/mol. The second-order valence-electron chi connectivity index (χ2n) is 11.0. The van der Waals surface area contributed by atoms with Crippen LogP contribution in [0.15, 0.2) is 18.2 Å². The maximum absolute atomic E-state index is 16.5. The molecule has 1 aliphatic carbocycles. The van der Waals surface area contributed by atoms with Crippen LogP contribution in [0.5, 0.6) is 6.01 Å². The minimum absolute atomic E-state index is 0.00258. The number of hydrogen-bond donors (Lipinski definition) is 2. The van der Waals surface area contributed by atoms with E-state index in [2.05, 4.69) is 51.2 Å². The molecule has 0 bridgehead atoms. The number of rotatable bonds is 8. The topological polar surface area (TPSA) is 92.4 Å². The lowest BCUT2D eigenvalue weighted by Gasteiger charge is -2.47. The third kappa shape index (κ3) is 4.72. The Morgan fingerprint density at radius 3 is 2.67 bits per heavy atom. The van der Waals surface area contributed by atoms with Crippen molar-refractivity contribution < 1.29 is 13.5 Å². The fraction of sp³-hybridized carbons (Fsp3) is 0.464. The van der Waals surface area contributed by atoms with Gasteiger partial charge < -0.3 is 25.6 Å². The summed E-state index contributed by atoms with van der Waals surface area (Å²) in [4.78, 5) is 17.9. The van der Waals surface area contributed by atoms with E-state index < -0.39 is 11.6 Å². The molecule has 3 N–H and O–H groups in total. The summed E-state index contributed by atoms with van der Waals surface area (Å²) in [6, 6.07) is 4.74. The van der Waals surface area contributed by atoms with Crippen molar-refractivity contribution in [1.29, 1.82) is 0 Å². The van der Waals surface area contributed by atoms with Gasteiger partial charge in [0, 0.05) is 34.6 Å². The number of aromatic nitrogens is 3. The Morgan fingerprint density at radius 2 is 2.00 bits per heavy atom. The van der Waals surface area contributed by atoms with Crippen LogP contribution in [0.2, 0.25) is 5.02 Å². The molecule has 3 heterocycles. The summed E-state index contributed by atoms with van der Waals surface area (Å²) in [6.45, 7) is 2.05. The van der Waals surface area contributed by atoms with Gasteiger partial charge in [0.1, 0.15) is 23.8 Å². The first kappa shape index (κ1) is 27.3. The molecule has 2 aliphatic rings. The number of fused-ring (bicyclic) bond motifs is 2. The van der Waals surface area contributed by atoms with Gasteiger partial charge in [-0.25, -0.2) is 13.8 Å². The average Bonchev–Trinajstić information content (AvgIpc) is 3.49. The molecule has 0 unspecified atom stereocenters. The molecule has 1 saturated heterocycles. The first-order valence-corrected chi connectivity index (χ1v) is 14.7. The molecule has 1 aliphatic heterocycles. The Labute approximate surface area is 240 Å². The Morgan fingerprint density at radius 1 is 1.20 bits per heavy atom. The van der Waals surface area contributed by atoms with Crippen LogP contribution in [-0.2, 0) is 0 Å². The van der Waals surface area contributed by atoms with Crippen LogP contribution >= 0.6 is 22.9 Å². The molecule has 2 aromatic heterocycles. The molecule has 0 spiro atoms. The molecule has 1 atom stereocenters. The highest BCUT2D eigenvalue weighted by Crippen LogP contribution is 2.43. The van der Waals surface area contributed by atoms with Crippen molar-refractivity contribution >= 4 is 55.0 Å². The molecule has 2 aromatic carbocycles. The fourth-order valence-corrected chi connectivity index (χ4v) is 6.85. The fourth-order valence-electron chi connectivity index (χ4n) is 5.79. The Bertz CT molecular complexity index is 1590. The second-order valence-corrected chi connectivity index (χ2v) is 12.5. The summed E-state index contributed by atoms with van der Waals surface area (Å²) in [5.41, 5.74) is 6.63. The Hall–Kier alpha value is -2.86. The molecule has 2 fully saturated rings. The lowest BCUT2D eigenvalue weighted by molar-refractivity contribution is 0.0738. The van der Waals surface area contributed by atoms with Crippen LogP contribution in [-0.4, -0.2) is 77.2 Å². The third-order valence-electron chi connectivity index (χ3n) is 8.54. The van der Waals surface area contributed by atoms with Crippen LogP contribution in [0.1, 0.15) is 32.1 Å². The standard InChI is InChI=1S/C28H32ClF2N7OS/c1-37(2)28(9-5-10-28)14-33-25-17-12-18(29)20(16-7-8-19(30)24-23(16)34-26(32)40-24)21(31)22(17)35-27(36-25)39-13-15-6-4-11-38(15)3/h7-8,12,15H,4-6,9-11,13-14H2,1-3H3,(H2,32,34)(H,33,35,36)/t15-/m0/s1. The maximum Gasteiger partial charge on any atom is 0.319 e. The van der Waals surface area contributed by atoms with E-state index >= 15 is 4.39 Å². The molecule has 4 aromatic rings. The minimum atomic E-state index is -0.652. The van der Waals surface area contributed by atoms with Gasteiger partial charge in [0.2, 0.25) is 0 Å². The number of anilines is 2. The van der Waals surface area contributed by atoms with Gasteiger partial charge in [-0.1, -0.05) is 22.9 Å². The molecule has 212 valence electrons. The van der Waals surface area contributed by atoms with Crippen LogP contribution < -0.4 is 15.8 Å². The van der Waals surface area contributed by atoms with Crippen molar-refractivity contribution in [3.05, 3.63) is 34.9 Å². The van der Waals surface area contributed by atoms with E-state index in [-0.39, 0.29) is 49.0 Å². The van der Waals surface area contributed by atoms with Gasteiger partial charge in [0.15, 0.2) is 10.9 Å². The molecule has 0 amide bonds. The summed E-state index contributed by atoms with van der Waals surface area (Å²) in [7, 11) is 6.21. The number of likely N-dealkylation sites (tertiary alicyclic amines) is 1. The first-order valence-electron chi connectivity index (χ1n) is 13.5. The first-order chi connectivity index (χ1) is 19.2. The van der Waals surface area contributed by atoms with E-state index in [1.807, 2.05) is 0 Å². The highest BCUT2D eigenvalue weighted by atomic mass is 35.5.